The van der Waals surface area contributed by atoms with Crippen LogP contribution in [0.25, 0.3) is 0 Å². The molecule has 0 atom stereocenters. The first-order chi connectivity index (χ1) is 9.36. The second kappa shape index (κ2) is 5.58. The summed E-state index contributed by atoms with van der Waals surface area (Å²) in [6.07, 6.45) is 0. The van der Waals surface area contributed by atoms with Gasteiger partial charge in [0.15, 0.2) is 10.9 Å². The van der Waals surface area contributed by atoms with Gasteiger partial charge in [0.25, 0.3) is 5.56 Å². The van der Waals surface area contributed by atoms with E-state index in [1.54, 1.807) is 19.9 Å². The summed E-state index contributed by atoms with van der Waals surface area (Å²) in [7, 11) is 0. The number of nitrogens with one attached hydrogen (secondary N) is 1. The Hall–Kier alpha value is -1.95. The minimum Gasteiger partial charge on any atom is -0.301 e. The molecule has 6 heteroatoms. The Kier molecular flexibility index (Phi) is 4.04. The van der Waals surface area contributed by atoms with E-state index >= 15 is 0 Å². The summed E-state index contributed by atoms with van der Waals surface area (Å²) in [5, 5.41) is 0.378. The molecule has 0 aliphatic carbocycles. The molecule has 0 unspecified atom stereocenters. The summed E-state index contributed by atoms with van der Waals surface area (Å²) < 4.78 is 13.6. The highest BCUT2D eigenvalue weighted by Gasteiger charge is 2.13. The smallest absolute Gasteiger partial charge is 0.251 e. The Labute approximate surface area is 119 Å². The Bertz CT molecular complexity index is 740. The molecule has 0 radical (unpaired) electrons. The number of aryl methyl sites for hydroxylation is 2. The first-order valence-corrected chi connectivity index (χ1v) is 6.75. The maximum Gasteiger partial charge on any atom is 0.251 e. The highest BCUT2D eigenvalue weighted by atomic mass is 32.2. The van der Waals surface area contributed by atoms with Gasteiger partial charge in [-0.15, -0.1) is 0 Å². The first-order valence-electron chi connectivity index (χ1n) is 5.93. The van der Waals surface area contributed by atoms with Gasteiger partial charge in [0.1, 0.15) is 5.82 Å². The zero-order valence-corrected chi connectivity index (χ0v) is 12.1. The van der Waals surface area contributed by atoms with E-state index in [1.165, 1.54) is 19.1 Å². The highest BCUT2D eigenvalue weighted by Crippen LogP contribution is 2.30. The summed E-state index contributed by atoms with van der Waals surface area (Å²) in [6.45, 7) is 4.71. The molecule has 20 heavy (non-hydrogen) atoms. The number of benzene rings is 1. The molecule has 2 rings (SSSR count). The first kappa shape index (κ1) is 14.5. The average Bonchev–Trinajstić information content (AvgIpc) is 2.31. The van der Waals surface area contributed by atoms with Gasteiger partial charge in [0.05, 0.1) is 0 Å². The van der Waals surface area contributed by atoms with E-state index in [1.807, 2.05) is 0 Å². The normalized spacial score (nSPS) is 10.6. The number of carbonyl (C=O) groups is 1. The van der Waals surface area contributed by atoms with Crippen LogP contribution in [-0.2, 0) is 0 Å². The molecule has 0 saturated heterocycles. The number of aromatic amines is 1. The van der Waals surface area contributed by atoms with Gasteiger partial charge in [-0.2, -0.15) is 0 Å². The number of aromatic nitrogens is 2. The van der Waals surface area contributed by atoms with Crippen molar-refractivity contribution in [3.8, 4) is 0 Å². The second-order valence-corrected chi connectivity index (χ2v) is 5.48. The lowest BCUT2D eigenvalue weighted by Gasteiger charge is -2.08. The number of nitrogens with zero attached hydrogens (tertiary/aromatic N) is 1. The second-order valence-electron chi connectivity index (χ2n) is 4.45. The predicted octanol–water partition coefficient (Wildman–Crippen LogP) is 2.88. The molecule has 0 amide bonds. The Morgan fingerprint density at radius 1 is 1.30 bits per heavy atom. The van der Waals surface area contributed by atoms with Crippen molar-refractivity contribution in [3.05, 3.63) is 51.2 Å². The lowest BCUT2D eigenvalue weighted by atomic mass is 10.1. The van der Waals surface area contributed by atoms with Crippen molar-refractivity contribution in [2.45, 2.75) is 30.8 Å². The van der Waals surface area contributed by atoms with Crippen molar-refractivity contribution >= 4 is 17.5 Å². The van der Waals surface area contributed by atoms with Crippen LogP contribution in [0, 0.1) is 19.7 Å². The van der Waals surface area contributed by atoms with Crippen LogP contribution in [0.5, 0.6) is 0 Å². The van der Waals surface area contributed by atoms with Gasteiger partial charge < -0.3 is 4.98 Å². The van der Waals surface area contributed by atoms with Crippen molar-refractivity contribution in [1.82, 2.24) is 9.97 Å². The van der Waals surface area contributed by atoms with Gasteiger partial charge in [0, 0.05) is 22.2 Å². The van der Waals surface area contributed by atoms with Gasteiger partial charge in [0.2, 0.25) is 0 Å². The molecule has 2 aromatic rings. The van der Waals surface area contributed by atoms with Crippen molar-refractivity contribution in [2.75, 3.05) is 0 Å². The molecular weight excluding hydrogens is 279 g/mol. The highest BCUT2D eigenvalue weighted by molar-refractivity contribution is 7.99. The van der Waals surface area contributed by atoms with Crippen LogP contribution in [0.2, 0.25) is 0 Å². The van der Waals surface area contributed by atoms with E-state index in [9.17, 15) is 14.0 Å². The number of H-pyrrole nitrogens is 1. The molecular formula is C14H13FN2O2S. The molecule has 0 bridgehead atoms. The molecule has 0 aliphatic heterocycles. The number of Topliss-reactive ketones (excluding diaryl/α,β-unsaturated/α-hetero) is 1. The lowest BCUT2D eigenvalue weighted by Crippen LogP contribution is -2.08. The van der Waals surface area contributed by atoms with Crippen molar-refractivity contribution < 1.29 is 9.18 Å². The fraction of sp³-hybridized carbons (Fsp3) is 0.214. The monoisotopic (exact) mass is 292 g/mol. The van der Waals surface area contributed by atoms with Crippen LogP contribution in [0.1, 0.15) is 28.5 Å². The van der Waals surface area contributed by atoms with E-state index < -0.39 is 5.82 Å². The van der Waals surface area contributed by atoms with Crippen LogP contribution in [0.3, 0.4) is 0 Å². The standard InChI is InChI=1S/C14H13FN2O2S/c1-7-4-12(10(9(3)18)6-11(7)15)20-14-16-8(2)5-13(19)17-14/h4-6H,1-3H3,(H,16,17,19). The molecule has 0 fully saturated rings. The van der Waals surface area contributed by atoms with Crippen LogP contribution < -0.4 is 5.56 Å². The molecule has 1 N–H and O–H groups in total. The summed E-state index contributed by atoms with van der Waals surface area (Å²) >= 11 is 1.14. The molecule has 1 aromatic carbocycles. The number of halogens is 1. The maximum absolute atomic E-state index is 13.6. The molecule has 0 spiro atoms. The van der Waals surface area contributed by atoms with E-state index in [0.29, 0.717) is 21.3 Å². The van der Waals surface area contributed by atoms with Crippen LogP contribution >= 0.6 is 11.8 Å². The van der Waals surface area contributed by atoms with Gasteiger partial charge in [-0.05, 0) is 38.5 Å². The molecule has 104 valence electrons. The van der Waals surface area contributed by atoms with Crippen LogP contribution in [-0.4, -0.2) is 15.8 Å². The van der Waals surface area contributed by atoms with Gasteiger partial charge in [-0.1, -0.05) is 11.8 Å². The zero-order chi connectivity index (χ0) is 14.9. The Balaban J connectivity index is 2.49. The molecule has 0 aliphatic rings. The molecule has 0 saturated carbocycles. The fourth-order valence-electron chi connectivity index (χ4n) is 1.72. The number of carbonyl (C=O) groups excluding carboxylic acids is 1. The number of ketones is 1. The largest absolute Gasteiger partial charge is 0.301 e. The summed E-state index contributed by atoms with van der Waals surface area (Å²) in [6, 6.07) is 4.18. The van der Waals surface area contributed by atoms with Gasteiger partial charge >= 0.3 is 0 Å². The lowest BCUT2D eigenvalue weighted by molar-refractivity contribution is 0.101. The minimum absolute atomic E-state index is 0.235. The fourth-order valence-corrected chi connectivity index (χ4v) is 2.82. The van der Waals surface area contributed by atoms with E-state index in [0.717, 1.165) is 11.8 Å². The quantitative estimate of drug-likeness (QED) is 0.698. The molecule has 1 heterocycles. The average molecular weight is 292 g/mol. The van der Waals surface area contributed by atoms with Crippen LogP contribution in [0.15, 0.2) is 33.0 Å². The summed E-state index contributed by atoms with van der Waals surface area (Å²) in [4.78, 5) is 30.3. The maximum atomic E-state index is 13.6. The number of hydrogen-bond acceptors (Lipinski definition) is 4. The Morgan fingerprint density at radius 2 is 2.00 bits per heavy atom. The third-order valence-electron chi connectivity index (χ3n) is 2.69. The zero-order valence-electron chi connectivity index (χ0n) is 11.3. The molecule has 1 aromatic heterocycles. The molecule has 4 nitrogen and oxygen atoms in total. The third kappa shape index (κ3) is 3.14. The van der Waals surface area contributed by atoms with E-state index in [2.05, 4.69) is 9.97 Å². The Morgan fingerprint density at radius 3 is 2.60 bits per heavy atom. The van der Waals surface area contributed by atoms with E-state index in [-0.39, 0.29) is 16.9 Å². The van der Waals surface area contributed by atoms with Crippen molar-refractivity contribution in [3.63, 3.8) is 0 Å². The van der Waals surface area contributed by atoms with Gasteiger partial charge in [-0.25, -0.2) is 9.37 Å². The van der Waals surface area contributed by atoms with E-state index in [4.69, 9.17) is 0 Å². The SMILES string of the molecule is CC(=O)c1cc(F)c(C)cc1Sc1nc(C)cc(=O)[nH]1. The summed E-state index contributed by atoms with van der Waals surface area (Å²) in [5.74, 6) is -0.661. The predicted molar refractivity (Wildman–Crippen MR) is 74.9 cm³/mol. The summed E-state index contributed by atoms with van der Waals surface area (Å²) in [5.41, 5.74) is 1.04. The topological polar surface area (TPSA) is 62.8 Å². The number of hydrogen-bond donors (Lipinski definition) is 1. The minimum atomic E-state index is -0.426. The number of rotatable bonds is 3. The van der Waals surface area contributed by atoms with Crippen molar-refractivity contribution in [1.29, 1.82) is 0 Å². The van der Waals surface area contributed by atoms with Gasteiger partial charge in [-0.3, -0.25) is 9.59 Å². The third-order valence-corrected chi connectivity index (χ3v) is 3.64. The van der Waals surface area contributed by atoms with Crippen molar-refractivity contribution in [2.24, 2.45) is 0 Å². The van der Waals surface area contributed by atoms with Crippen LogP contribution in [0.4, 0.5) is 4.39 Å².